The van der Waals surface area contributed by atoms with Crippen LogP contribution in [0.25, 0.3) is 5.52 Å². The molecule has 0 aliphatic carbocycles. The minimum absolute atomic E-state index is 0.0863. The van der Waals surface area contributed by atoms with Gasteiger partial charge < -0.3 is 38.7 Å². The molecule has 18 nitrogen and oxygen atoms in total. The zero-order valence-electron chi connectivity index (χ0n) is 29.1. The predicted octanol–water partition coefficient (Wildman–Crippen LogP) is 2.67. The van der Waals surface area contributed by atoms with Crippen molar-refractivity contribution in [1.82, 2.24) is 19.7 Å². The van der Waals surface area contributed by atoms with Crippen LogP contribution in [0, 0.1) is 11.3 Å². The second-order valence-electron chi connectivity index (χ2n) is 11.8. The number of rotatable bonds is 16. The van der Waals surface area contributed by atoms with Crippen molar-refractivity contribution in [2.45, 2.75) is 82.9 Å². The number of anilines is 1. The maximum absolute atomic E-state index is 14.4. The van der Waals surface area contributed by atoms with Crippen molar-refractivity contribution < 1.29 is 56.4 Å². The Labute approximate surface area is 294 Å². The smallest absolute Gasteiger partial charge is 0.459 e. The van der Waals surface area contributed by atoms with E-state index in [-0.39, 0.29) is 17.3 Å². The third kappa shape index (κ3) is 9.00. The van der Waals surface area contributed by atoms with Crippen LogP contribution >= 0.6 is 7.75 Å². The monoisotopic (exact) mass is 732 g/mol. The van der Waals surface area contributed by atoms with E-state index in [2.05, 4.69) is 15.2 Å². The number of carbonyl (C=O) groups excluding carboxylic acids is 3. The van der Waals surface area contributed by atoms with Crippen molar-refractivity contribution in [3.63, 3.8) is 0 Å². The normalized spacial score (nSPS) is 23.1. The van der Waals surface area contributed by atoms with E-state index in [0.29, 0.717) is 5.52 Å². The molecule has 3 aromatic rings. The molecule has 4 rings (SSSR count). The van der Waals surface area contributed by atoms with Crippen LogP contribution in [0.4, 0.5) is 5.82 Å². The fourth-order valence-corrected chi connectivity index (χ4v) is 6.41. The van der Waals surface area contributed by atoms with Crippen molar-refractivity contribution in [2.24, 2.45) is 0 Å². The predicted molar refractivity (Wildman–Crippen MR) is 177 cm³/mol. The Balaban J connectivity index is 1.82. The minimum Gasteiger partial charge on any atom is -0.462 e. The summed E-state index contributed by atoms with van der Waals surface area (Å²) in [6.07, 6.45) is -6.21. The van der Waals surface area contributed by atoms with Crippen LogP contribution in [0.15, 0.2) is 48.8 Å². The first-order valence-corrected chi connectivity index (χ1v) is 17.3. The summed E-state index contributed by atoms with van der Waals surface area (Å²) in [7, 11) is -2.04. The molecular formula is C32H41N6O12P. The van der Waals surface area contributed by atoms with Gasteiger partial charge in [0.25, 0.3) is 0 Å². The van der Waals surface area contributed by atoms with Crippen molar-refractivity contribution >= 4 is 37.0 Å². The number of nitrogen functional groups attached to an aromatic ring is 1. The Hall–Kier alpha value is -4.63. The number of benzene rings is 1. The van der Waals surface area contributed by atoms with Gasteiger partial charge in [-0.15, -0.1) is 0 Å². The van der Waals surface area contributed by atoms with E-state index in [9.17, 15) is 24.2 Å². The molecule has 1 aromatic carbocycles. The highest BCUT2D eigenvalue weighted by atomic mass is 31.2. The molecule has 8 atom stereocenters. The number of nitrogens with one attached hydrogen (secondary N) is 1. The molecule has 51 heavy (non-hydrogen) atoms. The summed E-state index contributed by atoms with van der Waals surface area (Å²) in [5, 5.41) is 17.6. The summed E-state index contributed by atoms with van der Waals surface area (Å²) in [6, 6.07) is 11.8. The molecule has 1 aliphatic heterocycles. The number of aromatic nitrogens is 3. The lowest BCUT2D eigenvalue weighted by Gasteiger charge is -2.31. The Kier molecular flexibility index (Phi) is 12.7. The molecule has 276 valence electrons. The second kappa shape index (κ2) is 16.6. The molecule has 0 bridgehead atoms. The van der Waals surface area contributed by atoms with Gasteiger partial charge in [-0.25, -0.2) is 23.7 Å². The molecule has 2 unspecified atom stereocenters. The largest absolute Gasteiger partial charge is 0.462 e. The molecule has 1 aliphatic rings. The number of fused-ring (bicyclic) bond motifs is 1. The Morgan fingerprint density at radius 1 is 1.02 bits per heavy atom. The molecule has 2 aromatic heterocycles. The molecule has 3 N–H and O–H groups in total. The molecule has 0 saturated carbocycles. The van der Waals surface area contributed by atoms with Crippen molar-refractivity contribution in [1.29, 1.82) is 5.26 Å². The summed E-state index contributed by atoms with van der Waals surface area (Å²) in [6.45, 7) is 6.57. The van der Waals surface area contributed by atoms with Gasteiger partial charge in [0.05, 0.1) is 11.8 Å². The first-order chi connectivity index (χ1) is 24.2. The summed E-state index contributed by atoms with van der Waals surface area (Å²) in [5.41, 5.74) is 4.27. The van der Waals surface area contributed by atoms with E-state index in [1.807, 2.05) is 6.07 Å². The Morgan fingerprint density at radius 2 is 1.67 bits per heavy atom. The van der Waals surface area contributed by atoms with Crippen LogP contribution in [-0.4, -0.2) is 95.5 Å². The first kappa shape index (κ1) is 39.2. The highest BCUT2D eigenvalue weighted by molar-refractivity contribution is 7.52. The van der Waals surface area contributed by atoms with Crippen LogP contribution < -0.4 is 15.3 Å². The van der Waals surface area contributed by atoms with Gasteiger partial charge in [0.1, 0.15) is 42.4 Å². The average Bonchev–Trinajstić information content (AvgIpc) is 3.66. The summed E-state index contributed by atoms with van der Waals surface area (Å²) in [5.74, 6) is -2.41. The van der Waals surface area contributed by atoms with Crippen molar-refractivity contribution in [3.8, 4) is 11.8 Å². The van der Waals surface area contributed by atoms with Crippen LogP contribution in [0.5, 0.6) is 5.75 Å². The van der Waals surface area contributed by atoms with Crippen LogP contribution in [0.3, 0.4) is 0 Å². The molecule has 0 radical (unpaired) electrons. The molecule has 3 heterocycles. The van der Waals surface area contributed by atoms with Gasteiger partial charge in [-0.05, 0) is 58.9 Å². The number of nitrogens with zero attached hydrogens (tertiary/aromatic N) is 4. The lowest BCUT2D eigenvalue weighted by Crippen LogP contribution is -2.51. The van der Waals surface area contributed by atoms with E-state index < -0.39 is 80.5 Å². The highest BCUT2D eigenvalue weighted by Gasteiger charge is 2.62. The van der Waals surface area contributed by atoms with Gasteiger partial charge in [0, 0.05) is 14.2 Å². The van der Waals surface area contributed by atoms with Crippen molar-refractivity contribution in [3.05, 3.63) is 54.5 Å². The van der Waals surface area contributed by atoms with E-state index in [0.717, 1.165) is 0 Å². The molecule has 0 spiro atoms. The maximum Gasteiger partial charge on any atom is 0.459 e. The summed E-state index contributed by atoms with van der Waals surface area (Å²) in [4.78, 5) is 43.2. The van der Waals surface area contributed by atoms with E-state index in [4.69, 9.17) is 43.2 Å². The molecule has 19 heteroatoms. The fraction of sp³-hybridized carbons (Fsp3) is 0.500. The zero-order chi connectivity index (χ0) is 37.5. The topological polar surface area (TPSA) is 234 Å². The number of para-hydroxylation sites is 1. The highest BCUT2D eigenvalue weighted by Crippen LogP contribution is 2.50. The number of hydrogen-bond donors (Lipinski definition) is 2. The van der Waals surface area contributed by atoms with Gasteiger partial charge in [-0.2, -0.15) is 15.4 Å². The number of nitriles is 1. The Morgan fingerprint density at radius 3 is 2.27 bits per heavy atom. The number of carbonyl (C=O) groups is 3. The lowest BCUT2D eigenvalue weighted by molar-refractivity contribution is -0.180. The van der Waals surface area contributed by atoms with Gasteiger partial charge in [-0.3, -0.25) is 9.32 Å². The standard InChI is InChI=1S/C32H41N6O12P/c1-18(2)46-29(39)19(3)37-51(42,50-22-11-9-8-10-12-22)45-16-32(15-33)27(48-31(41)21(5)44-7)26(47-30(40)20(4)43-6)25(49-32)23-13-14-24-28(34)35-17-36-38(23)24/h8-14,17-21,25-27H,16H2,1-7H3,(H,37,42)(H2,34,35,36)/t19-,20?,21?,25-,26-,27-,32+,51-/m0/s1. The fourth-order valence-electron chi connectivity index (χ4n) is 4.88. The number of ether oxygens (including phenoxy) is 6. The van der Waals surface area contributed by atoms with Crippen molar-refractivity contribution in [2.75, 3.05) is 26.6 Å². The molecule has 1 fully saturated rings. The molecular weight excluding hydrogens is 691 g/mol. The second-order valence-corrected chi connectivity index (χ2v) is 13.5. The first-order valence-electron chi connectivity index (χ1n) is 15.8. The van der Waals surface area contributed by atoms with Crippen LogP contribution in [0.1, 0.15) is 46.4 Å². The SMILES string of the molecule is COC(C)C(=O)O[C@H]1[C@H](c2ccc3c(N)ncnn23)O[C@](C#N)(CO[P@@](=O)(N[C@@H](C)C(=O)OC(C)C)Oc2ccccc2)[C@H]1OC(=O)C(C)OC. The maximum atomic E-state index is 14.4. The van der Waals surface area contributed by atoms with E-state index in [1.165, 1.54) is 58.0 Å². The van der Waals surface area contributed by atoms with Crippen LogP contribution in [0.2, 0.25) is 0 Å². The molecule has 0 amide bonds. The van der Waals surface area contributed by atoms with Crippen LogP contribution in [-0.2, 0) is 51.9 Å². The van der Waals surface area contributed by atoms with E-state index >= 15 is 0 Å². The molecule has 1 saturated heterocycles. The quantitative estimate of drug-likeness (QED) is 0.122. The number of nitrogens with two attached hydrogens (primary N) is 1. The van der Waals surface area contributed by atoms with Gasteiger partial charge >= 0.3 is 25.7 Å². The number of hydrogen-bond acceptors (Lipinski definition) is 16. The number of methoxy groups -OCH3 is 2. The zero-order valence-corrected chi connectivity index (χ0v) is 30.0. The third-order valence-electron chi connectivity index (χ3n) is 7.73. The van der Waals surface area contributed by atoms with Gasteiger partial charge in [0.2, 0.25) is 5.60 Å². The lowest BCUT2D eigenvalue weighted by atomic mass is 9.95. The Bertz CT molecular complexity index is 1780. The third-order valence-corrected chi connectivity index (χ3v) is 9.35. The number of esters is 3. The van der Waals surface area contributed by atoms with E-state index in [1.54, 1.807) is 44.2 Å². The minimum atomic E-state index is -4.60. The average molecular weight is 733 g/mol. The summed E-state index contributed by atoms with van der Waals surface area (Å²) < 4.78 is 60.9. The van der Waals surface area contributed by atoms with Gasteiger partial charge in [-0.1, -0.05) is 18.2 Å². The summed E-state index contributed by atoms with van der Waals surface area (Å²) >= 11 is 0. The van der Waals surface area contributed by atoms with Gasteiger partial charge in [0.15, 0.2) is 30.2 Å².